The summed E-state index contributed by atoms with van der Waals surface area (Å²) in [6.07, 6.45) is 4.75. The van der Waals surface area contributed by atoms with E-state index in [1.165, 1.54) is 18.4 Å². The summed E-state index contributed by atoms with van der Waals surface area (Å²) in [4.78, 5) is 11.5. The molecule has 1 N–H and O–H groups in total. The number of rotatable bonds is 9. The molecule has 0 spiro atoms. The minimum atomic E-state index is -0.407. The highest BCUT2D eigenvalue weighted by atomic mass is 16.6. The van der Waals surface area contributed by atoms with Crippen LogP contribution in [0.2, 0.25) is 0 Å². The van der Waals surface area contributed by atoms with E-state index >= 15 is 0 Å². The third kappa shape index (κ3) is 6.06. The van der Waals surface area contributed by atoms with Gasteiger partial charge in [-0.3, -0.25) is 0 Å². The molecule has 144 valence electrons. The van der Waals surface area contributed by atoms with Crippen LogP contribution >= 0.6 is 0 Å². The fourth-order valence-electron chi connectivity index (χ4n) is 3.21. The highest BCUT2D eigenvalue weighted by molar-refractivity contribution is 5.86. The summed E-state index contributed by atoms with van der Waals surface area (Å²) in [5.41, 5.74) is 1.56. The van der Waals surface area contributed by atoms with Gasteiger partial charge in [-0.25, -0.2) is 4.79 Å². The quantitative estimate of drug-likeness (QED) is 0.411. The van der Waals surface area contributed by atoms with E-state index in [2.05, 4.69) is 19.6 Å². The summed E-state index contributed by atoms with van der Waals surface area (Å²) in [5, 5.41) is 8.94. The molecule has 0 atom stereocenters. The lowest BCUT2D eigenvalue weighted by Gasteiger charge is -2.28. The number of aliphatic hydroxyl groups is 1. The van der Waals surface area contributed by atoms with Gasteiger partial charge in [0.25, 0.3) is 0 Å². The molecule has 0 aliphatic heterocycles. The van der Waals surface area contributed by atoms with Crippen molar-refractivity contribution in [3.8, 4) is 11.5 Å². The van der Waals surface area contributed by atoms with E-state index in [-0.39, 0.29) is 26.4 Å². The Kier molecular flexibility index (Phi) is 7.98. The highest BCUT2D eigenvalue weighted by Gasteiger charge is 2.23. The fraction of sp³-hybridized carbons (Fsp3) is 0.571. The lowest BCUT2D eigenvalue weighted by atomic mass is 9.79. The van der Waals surface area contributed by atoms with E-state index in [4.69, 9.17) is 19.3 Å². The molecule has 0 aromatic heterocycles. The SMILES string of the molecule is C=C(C)C(=O)OCCOc1cc(OCCO)ccc1C1CCC(C)CC1. The Balaban J connectivity index is 2.03. The summed E-state index contributed by atoms with van der Waals surface area (Å²) in [6, 6.07) is 5.85. The zero-order valence-corrected chi connectivity index (χ0v) is 15.8. The van der Waals surface area contributed by atoms with Crippen molar-refractivity contribution in [1.82, 2.24) is 0 Å². The van der Waals surface area contributed by atoms with Gasteiger partial charge in [-0.05, 0) is 43.2 Å². The van der Waals surface area contributed by atoms with Gasteiger partial charge in [0.1, 0.15) is 31.3 Å². The lowest BCUT2D eigenvalue weighted by Crippen LogP contribution is -2.15. The van der Waals surface area contributed by atoms with E-state index in [0.29, 0.717) is 17.2 Å². The Labute approximate surface area is 156 Å². The molecule has 1 saturated carbocycles. The minimum Gasteiger partial charge on any atom is -0.491 e. The maximum absolute atomic E-state index is 11.5. The van der Waals surface area contributed by atoms with E-state index in [9.17, 15) is 4.79 Å². The van der Waals surface area contributed by atoms with Crippen LogP contribution in [0.1, 0.15) is 51.0 Å². The van der Waals surface area contributed by atoms with Crippen molar-refractivity contribution < 1.29 is 24.1 Å². The first-order valence-electron chi connectivity index (χ1n) is 9.34. The molecule has 0 bridgehead atoms. The summed E-state index contributed by atoms with van der Waals surface area (Å²) in [6.45, 7) is 8.15. The second-order valence-corrected chi connectivity index (χ2v) is 6.99. The third-order valence-corrected chi connectivity index (χ3v) is 4.72. The van der Waals surface area contributed by atoms with E-state index in [1.54, 1.807) is 6.92 Å². The molecule has 0 amide bonds. The first-order valence-corrected chi connectivity index (χ1v) is 9.34. The number of benzene rings is 1. The third-order valence-electron chi connectivity index (χ3n) is 4.72. The number of carbonyl (C=O) groups is 1. The predicted molar refractivity (Wildman–Crippen MR) is 101 cm³/mol. The van der Waals surface area contributed by atoms with E-state index < -0.39 is 5.97 Å². The zero-order chi connectivity index (χ0) is 18.9. The molecule has 0 heterocycles. The van der Waals surface area contributed by atoms with Crippen LogP contribution in [0.25, 0.3) is 0 Å². The number of carbonyl (C=O) groups excluding carboxylic acids is 1. The Morgan fingerprint density at radius 2 is 1.88 bits per heavy atom. The first-order chi connectivity index (χ1) is 12.5. The maximum Gasteiger partial charge on any atom is 0.333 e. The molecule has 2 rings (SSSR count). The van der Waals surface area contributed by atoms with Crippen LogP contribution in [-0.2, 0) is 9.53 Å². The lowest BCUT2D eigenvalue weighted by molar-refractivity contribution is -0.139. The van der Waals surface area contributed by atoms with Crippen LogP contribution < -0.4 is 9.47 Å². The van der Waals surface area contributed by atoms with Gasteiger partial charge < -0.3 is 19.3 Å². The van der Waals surface area contributed by atoms with Crippen molar-refractivity contribution in [2.45, 2.75) is 45.4 Å². The normalized spacial score (nSPS) is 19.7. The van der Waals surface area contributed by atoms with Crippen LogP contribution in [0.15, 0.2) is 30.4 Å². The predicted octanol–water partition coefficient (Wildman–Crippen LogP) is 3.85. The Hall–Kier alpha value is -2.01. The second kappa shape index (κ2) is 10.2. The zero-order valence-electron chi connectivity index (χ0n) is 15.8. The van der Waals surface area contributed by atoms with E-state index in [1.807, 2.05) is 12.1 Å². The van der Waals surface area contributed by atoms with Gasteiger partial charge in [0.05, 0.1) is 6.61 Å². The molecule has 1 aromatic carbocycles. The van der Waals surface area contributed by atoms with Crippen molar-refractivity contribution in [2.75, 3.05) is 26.4 Å². The molecule has 1 aromatic rings. The molecule has 5 nitrogen and oxygen atoms in total. The van der Waals surface area contributed by atoms with Crippen LogP contribution in [0, 0.1) is 5.92 Å². The Morgan fingerprint density at radius 1 is 1.15 bits per heavy atom. The largest absolute Gasteiger partial charge is 0.491 e. The van der Waals surface area contributed by atoms with Gasteiger partial charge >= 0.3 is 5.97 Å². The van der Waals surface area contributed by atoms with Crippen molar-refractivity contribution in [1.29, 1.82) is 0 Å². The number of aliphatic hydroxyl groups excluding tert-OH is 1. The smallest absolute Gasteiger partial charge is 0.333 e. The average Bonchev–Trinajstić information content (AvgIpc) is 2.64. The second-order valence-electron chi connectivity index (χ2n) is 6.99. The van der Waals surface area contributed by atoms with Crippen molar-refractivity contribution in [2.24, 2.45) is 5.92 Å². The number of hydrogen-bond acceptors (Lipinski definition) is 5. The number of ether oxygens (including phenoxy) is 3. The molecule has 26 heavy (non-hydrogen) atoms. The van der Waals surface area contributed by atoms with Gasteiger partial charge in [0, 0.05) is 11.6 Å². The molecule has 0 radical (unpaired) electrons. The summed E-state index contributed by atoms with van der Waals surface area (Å²) < 4.78 is 16.5. The molecule has 0 unspecified atom stereocenters. The van der Waals surface area contributed by atoms with E-state index in [0.717, 1.165) is 24.5 Å². The van der Waals surface area contributed by atoms with Crippen LogP contribution in [0.3, 0.4) is 0 Å². The summed E-state index contributed by atoms with van der Waals surface area (Å²) in [5.74, 6) is 2.29. The molecule has 5 heteroatoms. The standard InChI is InChI=1S/C21H30O5/c1-15(2)21(23)26-13-12-25-20-14-18(24-11-10-22)8-9-19(20)17-6-4-16(3)5-7-17/h8-9,14,16-17,22H,1,4-7,10-13H2,2-3H3. The highest BCUT2D eigenvalue weighted by Crippen LogP contribution is 2.40. The fourth-order valence-corrected chi connectivity index (χ4v) is 3.21. The topological polar surface area (TPSA) is 65.0 Å². The molecular weight excluding hydrogens is 332 g/mol. The van der Waals surface area contributed by atoms with Crippen molar-refractivity contribution in [3.05, 3.63) is 35.9 Å². The van der Waals surface area contributed by atoms with Gasteiger partial charge in [-0.15, -0.1) is 0 Å². The van der Waals surface area contributed by atoms with Gasteiger partial charge in [0.15, 0.2) is 0 Å². The van der Waals surface area contributed by atoms with Crippen molar-refractivity contribution >= 4 is 5.97 Å². The average molecular weight is 362 g/mol. The Morgan fingerprint density at radius 3 is 2.54 bits per heavy atom. The molecule has 0 saturated heterocycles. The van der Waals surface area contributed by atoms with Crippen LogP contribution in [0.4, 0.5) is 0 Å². The first kappa shape index (κ1) is 20.3. The molecule has 1 fully saturated rings. The van der Waals surface area contributed by atoms with Crippen LogP contribution in [-0.4, -0.2) is 37.5 Å². The summed E-state index contributed by atoms with van der Waals surface area (Å²) >= 11 is 0. The van der Waals surface area contributed by atoms with Gasteiger partial charge in [-0.1, -0.05) is 32.4 Å². The minimum absolute atomic E-state index is 0.0324. The molecule has 1 aliphatic carbocycles. The number of esters is 1. The maximum atomic E-state index is 11.5. The molecular formula is C21H30O5. The van der Waals surface area contributed by atoms with Crippen LogP contribution in [0.5, 0.6) is 11.5 Å². The van der Waals surface area contributed by atoms with Crippen molar-refractivity contribution in [3.63, 3.8) is 0 Å². The number of hydrogen-bond donors (Lipinski definition) is 1. The summed E-state index contributed by atoms with van der Waals surface area (Å²) in [7, 11) is 0. The molecule has 1 aliphatic rings. The Bertz CT molecular complexity index is 602. The van der Waals surface area contributed by atoms with Gasteiger partial charge in [-0.2, -0.15) is 0 Å². The van der Waals surface area contributed by atoms with Gasteiger partial charge in [0.2, 0.25) is 0 Å². The monoisotopic (exact) mass is 362 g/mol.